The number of nitrogens with one attached hydrogen (secondary N) is 2. The van der Waals surface area contributed by atoms with Gasteiger partial charge in [0.25, 0.3) is 0 Å². The van der Waals surface area contributed by atoms with Crippen LogP contribution in [0.15, 0.2) is 72.9 Å². The molecule has 0 radical (unpaired) electrons. The van der Waals surface area contributed by atoms with E-state index in [4.69, 9.17) is 0 Å². The molecule has 2 aromatic carbocycles. The molecule has 1 unspecified atom stereocenters. The van der Waals surface area contributed by atoms with E-state index in [1.807, 2.05) is 60.7 Å². The summed E-state index contributed by atoms with van der Waals surface area (Å²) < 4.78 is 0. The topological polar surface area (TPSA) is 57.8 Å². The van der Waals surface area contributed by atoms with Crippen molar-refractivity contribution in [3.63, 3.8) is 0 Å². The molecule has 0 aliphatic heterocycles. The van der Waals surface area contributed by atoms with Crippen molar-refractivity contribution >= 4 is 11.6 Å². The number of hydrogen-bond acceptors (Lipinski definition) is 3. The average Bonchev–Trinajstić information content (AvgIpc) is 3.07. The van der Waals surface area contributed by atoms with Crippen LogP contribution in [0, 0.1) is 0 Å². The second-order valence-corrected chi connectivity index (χ2v) is 4.69. The summed E-state index contributed by atoms with van der Waals surface area (Å²) >= 11 is 0. The van der Waals surface area contributed by atoms with E-state index in [2.05, 4.69) is 15.5 Å². The van der Waals surface area contributed by atoms with E-state index in [0.29, 0.717) is 11.4 Å². The Bertz CT molecular complexity index is 693. The standard InChI is InChI=1S/C17H15N3O/c21-17(14-9-5-2-6-10-14)16(13-7-3-1-4-8-13)19-15-11-12-18-20-15/h1-12,16H,(H2,18,19,20). The molecule has 0 bridgehead atoms. The Morgan fingerprint density at radius 1 is 0.952 bits per heavy atom. The summed E-state index contributed by atoms with van der Waals surface area (Å²) in [5.41, 5.74) is 1.60. The van der Waals surface area contributed by atoms with Crippen LogP contribution in [0.2, 0.25) is 0 Å². The van der Waals surface area contributed by atoms with Gasteiger partial charge in [-0.25, -0.2) is 0 Å². The number of rotatable bonds is 5. The lowest BCUT2D eigenvalue weighted by molar-refractivity contribution is 0.0969. The van der Waals surface area contributed by atoms with Crippen LogP contribution in [0.5, 0.6) is 0 Å². The maximum absolute atomic E-state index is 12.8. The number of ketones is 1. The minimum Gasteiger partial charge on any atom is -0.356 e. The predicted octanol–water partition coefficient (Wildman–Crippen LogP) is 3.45. The van der Waals surface area contributed by atoms with E-state index < -0.39 is 6.04 Å². The summed E-state index contributed by atoms with van der Waals surface area (Å²) in [5, 5.41) is 9.94. The molecule has 1 heterocycles. The molecule has 3 aromatic rings. The predicted molar refractivity (Wildman–Crippen MR) is 82.2 cm³/mol. The molecule has 0 amide bonds. The Hall–Kier alpha value is -2.88. The highest BCUT2D eigenvalue weighted by Gasteiger charge is 2.22. The largest absolute Gasteiger partial charge is 0.356 e. The van der Waals surface area contributed by atoms with Crippen LogP contribution in [0.25, 0.3) is 0 Å². The zero-order valence-electron chi connectivity index (χ0n) is 11.4. The molecule has 4 heteroatoms. The van der Waals surface area contributed by atoms with Crippen LogP contribution in [-0.4, -0.2) is 16.0 Å². The SMILES string of the molecule is O=C(c1ccccc1)C(Nc1ccn[nH]1)c1ccccc1. The van der Waals surface area contributed by atoms with Gasteiger partial charge in [0.15, 0.2) is 5.78 Å². The van der Waals surface area contributed by atoms with Crippen LogP contribution in [0.4, 0.5) is 5.82 Å². The zero-order valence-corrected chi connectivity index (χ0v) is 11.4. The van der Waals surface area contributed by atoms with E-state index in [0.717, 1.165) is 5.56 Å². The summed E-state index contributed by atoms with van der Waals surface area (Å²) in [6.07, 6.45) is 1.65. The van der Waals surface area contributed by atoms with Gasteiger partial charge in [-0.15, -0.1) is 0 Å². The summed E-state index contributed by atoms with van der Waals surface area (Å²) in [7, 11) is 0. The lowest BCUT2D eigenvalue weighted by Crippen LogP contribution is -2.21. The number of hydrogen-bond donors (Lipinski definition) is 2. The Morgan fingerprint density at radius 2 is 1.62 bits per heavy atom. The smallest absolute Gasteiger partial charge is 0.189 e. The fourth-order valence-electron chi connectivity index (χ4n) is 2.21. The van der Waals surface area contributed by atoms with Gasteiger partial charge >= 0.3 is 0 Å². The third kappa shape index (κ3) is 3.00. The number of aromatic nitrogens is 2. The van der Waals surface area contributed by atoms with Crippen molar-refractivity contribution in [3.8, 4) is 0 Å². The molecule has 104 valence electrons. The lowest BCUT2D eigenvalue weighted by atomic mass is 9.97. The van der Waals surface area contributed by atoms with E-state index in [9.17, 15) is 4.79 Å². The lowest BCUT2D eigenvalue weighted by Gasteiger charge is -2.18. The third-order valence-corrected chi connectivity index (χ3v) is 3.25. The minimum absolute atomic E-state index is 0.0244. The van der Waals surface area contributed by atoms with Gasteiger partial charge in [0.2, 0.25) is 0 Å². The van der Waals surface area contributed by atoms with E-state index in [1.165, 1.54) is 0 Å². The van der Waals surface area contributed by atoms with Gasteiger partial charge < -0.3 is 5.32 Å². The zero-order chi connectivity index (χ0) is 14.5. The van der Waals surface area contributed by atoms with Crippen molar-refractivity contribution in [1.29, 1.82) is 0 Å². The first kappa shape index (κ1) is 13.1. The molecule has 21 heavy (non-hydrogen) atoms. The first-order valence-electron chi connectivity index (χ1n) is 6.75. The number of Topliss-reactive ketones (excluding diaryl/α,β-unsaturated/α-hetero) is 1. The minimum atomic E-state index is -0.450. The maximum atomic E-state index is 12.8. The fraction of sp³-hybridized carbons (Fsp3) is 0.0588. The van der Waals surface area contributed by atoms with Gasteiger partial charge in [-0.3, -0.25) is 9.89 Å². The van der Waals surface area contributed by atoms with E-state index in [1.54, 1.807) is 12.3 Å². The number of aromatic amines is 1. The first-order chi connectivity index (χ1) is 10.3. The second-order valence-electron chi connectivity index (χ2n) is 4.69. The maximum Gasteiger partial charge on any atom is 0.189 e. The molecule has 0 aliphatic carbocycles. The van der Waals surface area contributed by atoms with E-state index >= 15 is 0 Å². The fourth-order valence-corrected chi connectivity index (χ4v) is 2.21. The molecule has 0 fully saturated rings. The highest BCUT2D eigenvalue weighted by atomic mass is 16.1. The van der Waals surface area contributed by atoms with Crippen LogP contribution in [0.1, 0.15) is 22.0 Å². The van der Waals surface area contributed by atoms with Gasteiger partial charge in [-0.1, -0.05) is 60.7 Å². The molecule has 4 nitrogen and oxygen atoms in total. The molecule has 1 aromatic heterocycles. The highest BCUT2D eigenvalue weighted by molar-refractivity contribution is 6.02. The number of carbonyl (C=O) groups is 1. The van der Waals surface area contributed by atoms with Crippen LogP contribution in [0.3, 0.4) is 0 Å². The normalized spacial score (nSPS) is 11.8. The van der Waals surface area contributed by atoms with Crippen molar-refractivity contribution in [3.05, 3.63) is 84.1 Å². The molecular formula is C17H15N3O. The van der Waals surface area contributed by atoms with Crippen molar-refractivity contribution in [2.45, 2.75) is 6.04 Å². The average molecular weight is 277 g/mol. The Morgan fingerprint density at radius 3 is 2.24 bits per heavy atom. The number of H-pyrrole nitrogens is 1. The monoisotopic (exact) mass is 277 g/mol. The summed E-state index contributed by atoms with van der Waals surface area (Å²) in [6.45, 7) is 0. The first-order valence-corrected chi connectivity index (χ1v) is 6.75. The molecule has 0 spiro atoms. The van der Waals surface area contributed by atoms with Gasteiger partial charge in [0, 0.05) is 5.56 Å². The second kappa shape index (κ2) is 6.05. The molecule has 1 atom stereocenters. The van der Waals surface area contributed by atoms with E-state index in [-0.39, 0.29) is 5.78 Å². The van der Waals surface area contributed by atoms with Crippen LogP contribution >= 0.6 is 0 Å². The van der Waals surface area contributed by atoms with Crippen LogP contribution < -0.4 is 5.32 Å². The Kier molecular flexibility index (Phi) is 3.78. The summed E-state index contributed by atoms with van der Waals surface area (Å²) in [5.74, 6) is 0.740. The number of anilines is 1. The summed E-state index contributed by atoms with van der Waals surface area (Å²) in [4.78, 5) is 12.8. The molecule has 0 aliphatic rings. The molecule has 2 N–H and O–H groups in total. The van der Waals surface area contributed by atoms with Gasteiger partial charge in [-0.2, -0.15) is 5.10 Å². The molecular weight excluding hydrogens is 262 g/mol. The Balaban J connectivity index is 1.94. The quantitative estimate of drug-likeness (QED) is 0.702. The van der Waals surface area contributed by atoms with Gasteiger partial charge in [-0.05, 0) is 11.6 Å². The molecule has 0 saturated heterocycles. The van der Waals surface area contributed by atoms with Crippen molar-refractivity contribution in [2.75, 3.05) is 5.32 Å². The van der Waals surface area contributed by atoms with Crippen LogP contribution in [-0.2, 0) is 0 Å². The summed E-state index contributed by atoms with van der Waals surface area (Å²) in [6, 6.07) is 20.3. The number of carbonyl (C=O) groups excluding carboxylic acids is 1. The van der Waals surface area contributed by atoms with Crippen molar-refractivity contribution in [1.82, 2.24) is 10.2 Å². The third-order valence-electron chi connectivity index (χ3n) is 3.25. The van der Waals surface area contributed by atoms with Crippen molar-refractivity contribution in [2.24, 2.45) is 0 Å². The van der Waals surface area contributed by atoms with Gasteiger partial charge in [0.1, 0.15) is 11.9 Å². The molecule has 0 saturated carbocycles. The molecule has 3 rings (SSSR count). The number of nitrogens with zero attached hydrogens (tertiary/aromatic N) is 1. The highest BCUT2D eigenvalue weighted by Crippen LogP contribution is 2.22. The van der Waals surface area contributed by atoms with Crippen molar-refractivity contribution < 1.29 is 4.79 Å². The van der Waals surface area contributed by atoms with Gasteiger partial charge in [0.05, 0.1) is 6.20 Å². The number of benzene rings is 2. The Labute approximate surface area is 122 Å².